The normalized spacial score (nSPS) is 14.8. The largest absolute Gasteiger partial charge is 0.327 e. The second-order valence-corrected chi connectivity index (χ2v) is 7.19. The molecule has 28 heavy (non-hydrogen) atoms. The fourth-order valence-electron chi connectivity index (χ4n) is 3.49. The minimum absolute atomic E-state index is 0.00808. The number of amides is 2. The molecule has 0 atom stereocenters. The lowest BCUT2D eigenvalue weighted by atomic mass is 10.1. The number of hydrogen-bond acceptors (Lipinski definition) is 2. The van der Waals surface area contributed by atoms with Crippen molar-refractivity contribution >= 4 is 17.5 Å². The van der Waals surface area contributed by atoms with Crippen molar-refractivity contribution in [2.75, 3.05) is 38.0 Å². The van der Waals surface area contributed by atoms with Gasteiger partial charge in [0.15, 0.2) is 6.54 Å². The first kappa shape index (κ1) is 19.9. The van der Waals surface area contributed by atoms with E-state index in [0.717, 1.165) is 39.9 Å². The molecule has 7 heteroatoms. The van der Waals surface area contributed by atoms with Crippen molar-refractivity contribution in [3.05, 3.63) is 64.7 Å². The number of anilines is 1. The van der Waals surface area contributed by atoms with Crippen LogP contribution in [-0.4, -0.2) is 49.4 Å². The zero-order valence-electron chi connectivity index (χ0n) is 16.0. The number of quaternary nitrogens is 1. The van der Waals surface area contributed by atoms with Gasteiger partial charge in [0.2, 0.25) is 0 Å². The second kappa shape index (κ2) is 8.48. The number of carbonyl (C=O) groups is 2. The molecule has 0 saturated carbocycles. The first-order valence-corrected chi connectivity index (χ1v) is 9.28. The lowest BCUT2D eigenvalue weighted by Crippen LogP contribution is -3.15. The van der Waals surface area contributed by atoms with E-state index in [-0.39, 0.29) is 11.5 Å². The number of carbonyl (C=O) groups excluding carboxylic acids is 2. The van der Waals surface area contributed by atoms with Gasteiger partial charge in [-0.3, -0.25) is 9.59 Å². The monoisotopic (exact) mass is 388 g/mol. The first-order chi connectivity index (χ1) is 13.3. The Morgan fingerprint density at radius 2 is 1.61 bits per heavy atom. The van der Waals surface area contributed by atoms with Crippen LogP contribution in [0.4, 0.5) is 14.5 Å². The molecule has 1 saturated heterocycles. The molecule has 0 spiro atoms. The molecule has 5 nitrogen and oxygen atoms in total. The number of nitrogens with zero attached hydrogens (tertiary/aromatic N) is 1. The molecule has 2 aromatic carbocycles. The number of nitrogens with one attached hydrogen (secondary N) is 2. The van der Waals surface area contributed by atoms with Gasteiger partial charge in [0.25, 0.3) is 11.8 Å². The average Bonchev–Trinajstić information content (AvgIpc) is 2.64. The summed E-state index contributed by atoms with van der Waals surface area (Å²) in [5.74, 6) is -2.00. The maximum absolute atomic E-state index is 13.3. The van der Waals surface area contributed by atoms with Crippen LogP contribution in [0.15, 0.2) is 36.4 Å². The highest BCUT2D eigenvalue weighted by Crippen LogP contribution is 2.19. The highest BCUT2D eigenvalue weighted by Gasteiger charge is 2.26. The van der Waals surface area contributed by atoms with Crippen LogP contribution in [-0.2, 0) is 4.79 Å². The Hall–Kier alpha value is -2.80. The van der Waals surface area contributed by atoms with Crippen molar-refractivity contribution in [2.24, 2.45) is 0 Å². The van der Waals surface area contributed by atoms with Crippen molar-refractivity contribution in [2.45, 2.75) is 13.8 Å². The highest BCUT2D eigenvalue weighted by molar-refractivity contribution is 5.94. The van der Waals surface area contributed by atoms with Crippen molar-refractivity contribution in [3.8, 4) is 0 Å². The van der Waals surface area contributed by atoms with Gasteiger partial charge in [0, 0.05) is 17.3 Å². The summed E-state index contributed by atoms with van der Waals surface area (Å²) in [6.07, 6.45) is 0. The average molecular weight is 388 g/mol. The topological polar surface area (TPSA) is 53.9 Å². The number of halogens is 2. The standard InChI is InChI=1S/C21H23F2N3O2/c1-14-4-3-5-15(2)20(14)24-19(27)13-25-6-8-26(9-7-25)21(28)16-10-17(22)12-18(23)11-16/h3-5,10-12H,6-9,13H2,1-2H3,(H,24,27)/p+1. The van der Waals surface area contributed by atoms with Gasteiger partial charge in [-0.1, -0.05) is 18.2 Å². The molecule has 0 aliphatic carbocycles. The Morgan fingerprint density at radius 3 is 2.18 bits per heavy atom. The number of rotatable bonds is 4. The Bertz CT molecular complexity index is 853. The summed E-state index contributed by atoms with van der Waals surface area (Å²) < 4.78 is 26.7. The van der Waals surface area contributed by atoms with Gasteiger partial charge in [-0.15, -0.1) is 0 Å². The van der Waals surface area contributed by atoms with Gasteiger partial charge < -0.3 is 15.1 Å². The van der Waals surface area contributed by atoms with E-state index in [2.05, 4.69) is 5.32 Å². The van der Waals surface area contributed by atoms with E-state index >= 15 is 0 Å². The van der Waals surface area contributed by atoms with Gasteiger partial charge in [-0.25, -0.2) is 8.78 Å². The number of hydrogen-bond donors (Lipinski definition) is 2. The van der Waals surface area contributed by atoms with E-state index in [9.17, 15) is 18.4 Å². The lowest BCUT2D eigenvalue weighted by molar-refractivity contribution is -0.895. The Morgan fingerprint density at radius 1 is 1.04 bits per heavy atom. The fraction of sp³-hybridized carbons (Fsp3) is 0.333. The maximum Gasteiger partial charge on any atom is 0.279 e. The Balaban J connectivity index is 1.54. The van der Waals surface area contributed by atoms with Crippen molar-refractivity contribution < 1.29 is 23.3 Å². The van der Waals surface area contributed by atoms with Crippen LogP contribution in [0.2, 0.25) is 0 Å². The van der Waals surface area contributed by atoms with E-state index in [1.165, 1.54) is 0 Å². The van der Waals surface area contributed by atoms with E-state index in [1.807, 2.05) is 32.0 Å². The molecule has 148 valence electrons. The first-order valence-electron chi connectivity index (χ1n) is 9.28. The van der Waals surface area contributed by atoms with Crippen LogP contribution >= 0.6 is 0 Å². The fourth-order valence-corrected chi connectivity index (χ4v) is 3.49. The molecular formula is C21H24F2N3O2+. The number of aryl methyl sites for hydroxylation is 2. The second-order valence-electron chi connectivity index (χ2n) is 7.19. The van der Waals surface area contributed by atoms with E-state index in [4.69, 9.17) is 0 Å². The van der Waals surface area contributed by atoms with Crippen molar-refractivity contribution in [1.82, 2.24) is 4.90 Å². The summed E-state index contributed by atoms with van der Waals surface area (Å²) in [7, 11) is 0. The van der Waals surface area contributed by atoms with Crippen LogP contribution in [0, 0.1) is 25.5 Å². The smallest absolute Gasteiger partial charge is 0.279 e. The Labute approximate surface area is 162 Å². The predicted octanol–water partition coefficient (Wildman–Crippen LogP) is 1.56. The molecule has 3 rings (SSSR count). The van der Waals surface area contributed by atoms with Gasteiger partial charge in [0.05, 0.1) is 26.2 Å². The summed E-state index contributed by atoms with van der Waals surface area (Å²) in [6, 6.07) is 8.69. The summed E-state index contributed by atoms with van der Waals surface area (Å²) in [5, 5.41) is 2.97. The molecule has 1 fully saturated rings. The third-order valence-electron chi connectivity index (χ3n) is 5.02. The zero-order chi connectivity index (χ0) is 20.3. The SMILES string of the molecule is Cc1cccc(C)c1NC(=O)C[NH+]1CCN(C(=O)c2cc(F)cc(F)c2)CC1. The van der Waals surface area contributed by atoms with E-state index < -0.39 is 17.5 Å². The third kappa shape index (κ3) is 4.72. The third-order valence-corrected chi connectivity index (χ3v) is 5.02. The number of benzene rings is 2. The predicted molar refractivity (Wildman–Crippen MR) is 102 cm³/mol. The molecule has 0 bridgehead atoms. The van der Waals surface area contributed by atoms with Crippen LogP contribution in [0.3, 0.4) is 0 Å². The summed E-state index contributed by atoms with van der Waals surface area (Å²) >= 11 is 0. The van der Waals surface area contributed by atoms with Gasteiger partial charge in [-0.05, 0) is 37.1 Å². The van der Waals surface area contributed by atoms with Gasteiger partial charge in [0.1, 0.15) is 11.6 Å². The van der Waals surface area contributed by atoms with Gasteiger partial charge in [-0.2, -0.15) is 0 Å². The minimum atomic E-state index is -0.768. The molecule has 0 aromatic heterocycles. The molecule has 0 radical (unpaired) electrons. The van der Waals surface area contributed by atoms with Crippen LogP contribution in [0.5, 0.6) is 0 Å². The highest BCUT2D eigenvalue weighted by atomic mass is 19.1. The quantitative estimate of drug-likeness (QED) is 0.835. The summed E-state index contributed by atoms with van der Waals surface area (Å²) in [6.45, 7) is 6.29. The van der Waals surface area contributed by atoms with Crippen LogP contribution < -0.4 is 10.2 Å². The molecule has 0 unspecified atom stereocenters. The molecule has 1 aliphatic heterocycles. The molecule has 1 heterocycles. The van der Waals surface area contributed by atoms with Crippen LogP contribution in [0.1, 0.15) is 21.5 Å². The molecule has 1 aliphatic rings. The molecule has 2 amide bonds. The maximum atomic E-state index is 13.3. The Kier molecular flexibility index (Phi) is 6.04. The van der Waals surface area contributed by atoms with E-state index in [0.29, 0.717) is 32.7 Å². The summed E-state index contributed by atoms with van der Waals surface area (Å²) in [5.41, 5.74) is 2.88. The molecule has 2 N–H and O–H groups in total. The number of para-hydroxylation sites is 1. The minimum Gasteiger partial charge on any atom is -0.327 e. The summed E-state index contributed by atoms with van der Waals surface area (Å²) in [4.78, 5) is 27.5. The van der Waals surface area contributed by atoms with Crippen LogP contribution in [0.25, 0.3) is 0 Å². The zero-order valence-corrected chi connectivity index (χ0v) is 16.0. The molecule has 2 aromatic rings. The lowest BCUT2D eigenvalue weighted by Gasteiger charge is -2.32. The van der Waals surface area contributed by atoms with E-state index in [1.54, 1.807) is 4.90 Å². The van der Waals surface area contributed by atoms with Gasteiger partial charge >= 0.3 is 0 Å². The number of piperazine rings is 1. The molecular weight excluding hydrogens is 364 g/mol. The van der Waals surface area contributed by atoms with Crippen molar-refractivity contribution in [3.63, 3.8) is 0 Å². The van der Waals surface area contributed by atoms with Crippen molar-refractivity contribution in [1.29, 1.82) is 0 Å².